The van der Waals surface area contributed by atoms with Crippen molar-refractivity contribution in [2.24, 2.45) is 0 Å². The first-order valence-corrected chi connectivity index (χ1v) is 7.26. The summed E-state index contributed by atoms with van der Waals surface area (Å²) in [6.07, 6.45) is 0. The highest BCUT2D eigenvalue weighted by molar-refractivity contribution is 5.92. The number of hydrogen-bond acceptors (Lipinski definition) is 5. The minimum Gasteiger partial charge on any atom is -0.493 e. The number of hydrogen-bond donors (Lipinski definition) is 1. The van der Waals surface area contributed by atoms with Crippen LogP contribution in [0, 0.1) is 6.92 Å². The Kier molecular flexibility index (Phi) is 5.52. The molecule has 6 nitrogen and oxygen atoms in total. The molecule has 2 rings (SSSR count). The van der Waals surface area contributed by atoms with Crippen LogP contribution in [-0.2, 0) is 6.61 Å². The minimum absolute atomic E-state index is 0.157. The van der Waals surface area contributed by atoms with Crippen molar-refractivity contribution in [3.8, 4) is 23.0 Å². The van der Waals surface area contributed by atoms with Crippen LogP contribution in [0.2, 0.25) is 0 Å². The molecule has 2 aromatic carbocycles. The second kappa shape index (κ2) is 7.59. The third kappa shape index (κ3) is 3.53. The number of methoxy groups -OCH3 is 3. The average Bonchev–Trinajstić information content (AvgIpc) is 2.58. The van der Waals surface area contributed by atoms with Crippen LogP contribution >= 0.6 is 0 Å². The van der Waals surface area contributed by atoms with Crippen LogP contribution in [0.4, 0.5) is 0 Å². The lowest BCUT2D eigenvalue weighted by Crippen LogP contribution is -2.06. The predicted molar refractivity (Wildman–Crippen MR) is 88.6 cm³/mol. The molecule has 0 atom stereocenters. The Labute approximate surface area is 140 Å². The summed E-state index contributed by atoms with van der Waals surface area (Å²) >= 11 is 0. The zero-order chi connectivity index (χ0) is 17.7. The van der Waals surface area contributed by atoms with E-state index >= 15 is 0 Å². The molecule has 2 aromatic rings. The Hall–Kier alpha value is -2.89. The second-order valence-corrected chi connectivity index (χ2v) is 5.08. The fourth-order valence-corrected chi connectivity index (χ4v) is 2.41. The third-order valence-corrected chi connectivity index (χ3v) is 3.57. The Morgan fingerprint density at radius 3 is 2.12 bits per heavy atom. The van der Waals surface area contributed by atoms with Gasteiger partial charge in [0.25, 0.3) is 0 Å². The van der Waals surface area contributed by atoms with Crippen molar-refractivity contribution >= 4 is 5.97 Å². The van der Waals surface area contributed by atoms with E-state index in [4.69, 9.17) is 18.9 Å². The first-order chi connectivity index (χ1) is 11.5. The third-order valence-electron chi connectivity index (χ3n) is 3.57. The molecule has 0 fully saturated rings. The van der Waals surface area contributed by atoms with Gasteiger partial charge in [-0.3, -0.25) is 0 Å². The quantitative estimate of drug-likeness (QED) is 0.838. The van der Waals surface area contributed by atoms with Gasteiger partial charge in [-0.25, -0.2) is 4.79 Å². The molecule has 0 saturated heterocycles. The Balaban J connectivity index is 2.30. The molecular formula is C18H20O6. The van der Waals surface area contributed by atoms with E-state index in [0.717, 1.165) is 5.56 Å². The number of benzene rings is 2. The smallest absolute Gasteiger partial charge is 0.339 e. The molecule has 6 heteroatoms. The molecule has 0 saturated carbocycles. The van der Waals surface area contributed by atoms with Crippen LogP contribution in [0.3, 0.4) is 0 Å². The van der Waals surface area contributed by atoms with Crippen molar-refractivity contribution in [1.82, 2.24) is 0 Å². The fraction of sp³-hybridized carbons (Fsp3) is 0.278. The number of rotatable bonds is 7. The van der Waals surface area contributed by atoms with Crippen LogP contribution < -0.4 is 18.9 Å². The largest absolute Gasteiger partial charge is 0.493 e. The summed E-state index contributed by atoms with van der Waals surface area (Å²) in [6.45, 7) is 1.90. The summed E-state index contributed by atoms with van der Waals surface area (Å²) in [5.74, 6) is 0.811. The average molecular weight is 332 g/mol. The lowest BCUT2D eigenvalue weighted by atomic mass is 10.1. The Morgan fingerprint density at radius 2 is 1.62 bits per heavy atom. The lowest BCUT2D eigenvalue weighted by Gasteiger charge is -2.15. The van der Waals surface area contributed by atoms with Crippen molar-refractivity contribution in [2.45, 2.75) is 13.5 Å². The molecule has 0 radical (unpaired) electrons. The summed E-state index contributed by atoms with van der Waals surface area (Å²) in [5, 5.41) is 9.34. The summed E-state index contributed by atoms with van der Waals surface area (Å²) in [4.78, 5) is 11.4. The number of ether oxygens (including phenoxy) is 4. The monoisotopic (exact) mass is 332 g/mol. The highest BCUT2D eigenvalue weighted by atomic mass is 16.5. The van der Waals surface area contributed by atoms with Gasteiger partial charge in [0.2, 0.25) is 5.75 Å². The maximum Gasteiger partial charge on any atom is 0.339 e. The van der Waals surface area contributed by atoms with Gasteiger partial charge in [0.1, 0.15) is 17.9 Å². The second-order valence-electron chi connectivity index (χ2n) is 5.08. The maximum atomic E-state index is 11.4. The van der Waals surface area contributed by atoms with Crippen LogP contribution in [0.25, 0.3) is 0 Å². The molecule has 0 aliphatic rings. The SMILES string of the molecule is COc1cc(COc2cccc(C)c2C(=O)O)cc(OC)c1OC. The van der Waals surface area contributed by atoms with Gasteiger partial charge in [0.15, 0.2) is 11.5 Å². The van der Waals surface area contributed by atoms with E-state index in [1.54, 1.807) is 37.3 Å². The van der Waals surface area contributed by atoms with Gasteiger partial charge < -0.3 is 24.1 Å². The predicted octanol–water partition coefficient (Wildman–Crippen LogP) is 3.30. The highest BCUT2D eigenvalue weighted by Gasteiger charge is 2.16. The molecule has 1 N–H and O–H groups in total. The van der Waals surface area contributed by atoms with E-state index in [-0.39, 0.29) is 12.2 Å². The fourth-order valence-electron chi connectivity index (χ4n) is 2.41. The topological polar surface area (TPSA) is 74.2 Å². The minimum atomic E-state index is -1.02. The van der Waals surface area contributed by atoms with E-state index in [0.29, 0.717) is 28.6 Å². The van der Waals surface area contributed by atoms with E-state index in [1.165, 1.54) is 21.3 Å². The first-order valence-electron chi connectivity index (χ1n) is 7.26. The highest BCUT2D eigenvalue weighted by Crippen LogP contribution is 2.38. The van der Waals surface area contributed by atoms with Crippen molar-refractivity contribution in [3.05, 3.63) is 47.0 Å². The van der Waals surface area contributed by atoms with Gasteiger partial charge in [-0.1, -0.05) is 12.1 Å². The molecule has 0 unspecified atom stereocenters. The maximum absolute atomic E-state index is 11.4. The molecule has 0 spiro atoms. The standard InChI is InChI=1S/C18H20O6/c1-11-6-5-7-13(16(11)18(19)20)24-10-12-8-14(21-2)17(23-4)15(9-12)22-3/h5-9H,10H2,1-4H3,(H,19,20). The summed E-state index contributed by atoms with van der Waals surface area (Å²) in [6, 6.07) is 8.64. The van der Waals surface area contributed by atoms with Gasteiger partial charge in [-0.2, -0.15) is 0 Å². The first kappa shape index (κ1) is 17.5. The normalized spacial score (nSPS) is 10.2. The summed E-state index contributed by atoms with van der Waals surface area (Å²) in [7, 11) is 4.60. The van der Waals surface area contributed by atoms with Gasteiger partial charge >= 0.3 is 5.97 Å². The van der Waals surface area contributed by atoms with Crippen molar-refractivity contribution < 1.29 is 28.8 Å². The molecule has 0 bridgehead atoms. The van der Waals surface area contributed by atoms with Crippen LogP contribution in [0.1, 0.15) is 21.5 Å². The van der Waals surface area contributed by atoms with Gasteiger partial charge in [0.05, 0.1) is 21.3 Å². The summed E-state index contributed by atoms with van der Waals surface area (Å²) < 4.78 is 21.6. The number of aryl methyl sites for hydroxylation is 1. The molecule has 0 aliphatic heterocycles. The van der Waals surface area contributed by atoms with Gasteiger partial charge in [0, 0.05) is 0 Å². The lowest BCUT2D eigenvalue weighted by molar-refractivity contribution is 0.0691. The number of aromatic carboxylic acids is 1. The van der Waals surface area contributed by atoms with Gasteiger partial charge in [-0.15, -0.1) is 0 Å². The molecule has 128 valence electrons. The van der Waals surface area contributed by atoms with Crippen molar-refractivity contribution in [2.75, 3.05) is 21.3 Å². The number of carboxylic acid groups (broad SMARTS) is 1. The van der Waals surface area contributed by atoms with E-state index < -0.39 is 5.97 Å². The number of carbonyl (C=O) groups is 1. The molecule has 0 aromatic heterocycles. The molecule has 0 aliphatic carbocycles. The van der Waals surface area contributed by atoms with Crippen molar-refractivity contribution in [3.63, 3.8) is 0 Å². The van der Waals surface area contributed by atoms with Crippen LogP contribution in [0.15, 0.2) is 30.3 Å². The van der Waals surface area contributed by atoms with Gasteiger partial charge in [-0.05, 0) is 36.2 Å². The molecular weight excluding hydrogens is 312 g/mol. The molecule has 0 amide bonds. The van der Waals surface area contributed by atoms with Crippen molar-refractivity contribution in [1.29, 1.82) is 0 Å². The molecule has 0 heterocycles. The number of carboxylic acids is 1. The van der Waals surface area contributed by atoms with Crippen LogP contribution in [0.5, 0.6) is 23.0 Å². The van der Waals surface area contributed by atoms with Crippen LogP contribution in [-0.4, -0.2) is 32.4 Å². The zero-order valence-electron chi connectivity index (χ0n) is 14.1. The zero-order valence-corrected chi connectivity index (χ0v) is 14.1. The Morgan fingerprint density at radius 1 is 1.00 bits per heavy atom. The van der Waals surface area contributed by atoms with E-state index in [2.05, 4.69) is 0 Å². The van der Waals surface area contributed by atoms with E-state index in [9.17, 15) is 9.90 Å². The summed E-state index contributed by atoms with van der Waals surface area (Å²) in [5.41, 5.74) is 1.57. The van der Waals surface area contributed by atoms with E-state index in [1.807, 2.05) is 0 Å². The molecule has 24 heavy (non-hydrogen) atoms. The Bertz CT molecular complexity index is 713.